The van der Waals surface area contributed by atoms with Crippen LogP contribution in [-0.2, 0) is 35.2 Å². The number of pyridine rings is 6. The maximum atomic E-state index is 8.59. The lowest BCUT2D eigenvalue weighted by atomic mass is 9.91. The fourth-order valence-corrected chi connectivity index (χ4v) is 15.2. The predicted molar refractivity (Wildman–Crippen MR) is 480 cm³/mol. The van der Waals surface area contributed by atoms with Crippen molar-refractivity contribution in [2.45, 2.75) is 150 Å². The molecule has 16 aromatic rings. The molecule has 0 aliphatic carbocycles. The van der Waals surface area contributed by atoms with Gasteiger partial charge in [0.05, 0.1) is 58.8 Å². The Morgan fingerprint density at radius 3 is 1.14 bits per heavy atom. The van der Waals surface area contributed by atoms with Crippen LogP contribution in [0.4, 0.5) is 0 Å². The number of aromatic nitrogens is 6. The quantitative estimate of drug-likeness (QED) is 0.140. The summed E-state index contributed by atoms with van der Waals surface area (Å²) in [6.07, 6.45) is 4.23. The van der Waals surface area contributed by atoms with Crippen LogP contribution in [0.3, 0.4) is 0 Å². The smallest absolute Gasteiger partial charge is 0.220 e. The number of benzene rings is 10. The lowest BCUT2D eigenvalue weighted by Gasteiger charge is -2.14. The van der Waals surface area contributed by atoms with Gasteiger partial charge in [-0.1, -0.05) is 176 Å². The van der Waals surface area contributed by atoms with E-state index in [1.165, 1.54) is 40.3 Å². The molecule has 6 nitrogen and oxygen atoms in total. The summed E-state index contributed by atoms with van der Waals surface area (Å²) in [5.41, 5.74) is 30.8. The molecule has 570 valence electrons. The molecule has 0 saturated carbocycles. The first-order valence-electron chi connectivity index (χ1n) is 46.3. The highest BCUT2D eigenvalue weighted by atomic mass is 15.0. The van der Waals surface area contributed by atoms with Gasteiger partial charge in [0, 0.05) is 74.4 Å². The van der Waals surface area contributed by atoms with E-state index in [2.05, 4.69) is 150 Å². The summed E-state index contributed by atoms with van der Waals surface area (Å²) < 4.78 is 133. The summed E-state index contributed by atoms with van der Waals surface area (Å²) >= 11 is 0. The van der Waals surface area contributed by atoms with Crippen LogP contribution in [0.1, 0.15) is 160 Å². The van der Waals surface area contributed by atoms with Gasteiger partial charge in [0.2, 0.25) is 28.5 Å². The second kappa shape index (κ2) is 34.2. The van der Waals surface area contributed by atoms with Crippen molar-refractivity contribution in [2.75, 3.05) is 0 Å². The summed E-state index contributed by atoms with van der Waals surface area (Å²) in [6.45, 7) is 35.2. The second-order valence-electron chi connectivity index (χ2n) is 31.1. The third-order valence-electron chi connectivity index (χ3n) is 22.2. The van der Waals surface area contributed by atoms with E-state index in [-0.39, 0.29) is 36.6 Å². The Balaban J connectivity index is 0.000000146. The number of fused-ring (bicyclic) bond motifs is 5. The molecule has 6 aromatic heterocycles. The highest BCUT2D eigenvalue weighted by Gasteiger charge is 2.26. The van der Waals surface area contributed by atoms with Gasteiger partial charge >= 0.3 is 0 Å². The highest BCUT2D eigenvalue weighted by molar-refractivity contribution is 5.99. The Morgan fingerprint density at radius 2 is 0.726 bits per heavy atom. The zero-order chi connectivity index (χ0) is 94.2. The Morgan fingerprint density at radius 1 is 0.327 bits per heavy atom. The molecule has 6 heterocycles. The number of nitrogens with zero attached hydrogens (tertiary/aromatic N) is 6. The van der Waals surface area contributed by atoms with E-state index in [1.807, 2.05) is 179 Å². The van der Waals surface area contributed by atoms with Gasteiger partial charge in [0.15, 0.2) is 29.9 Å². The molecule has 0 N–H and O–H groups in total. The van der Waals surface area contributed by atoms with Gasteiger partial charge in [-0.2, -0.15) is 9.13 Å². The van der Waals surface area contributed by atoms with E-state index in [9.17, 15) is 0 Å². The van der Waals surface area contributed by atoms with Crippen LogP contribution in [-0.4, -0.2) is 4.98 Å². The van der Waals surface area contributed by atoms with Crippen molar-refractivity contribution in [3.8, 4) is 67.4 Å². The average Bonchev–Trinajstić information content (AvgIpc) is 0.749. The van der Waals surface area contributed by atoms with E-state index >= 15 is 0 Å². The van der Waals surface area contributed by atoms with Gasteiger partial charge in [-0.3, -0.25) is 4.98 Å². The number of hydrogen-bond acceptors (Lipinski definition) is 1. The van der Waals surface area contributed by atoms with E-state index in [0.29, 0.717) is 35.1 Å². The van der Waals surface area contributed by atoms with Gasteiger partial charge in [0.1, 0.15) is 39.4 Å². The SMILES string of the molecule is [2H]c1c(C)[n+](C)c(-c2cc(-c3cccnc3)ccc2C)c2ccc(C)cc12.[2H]c1c([2H])[n+](C)c(-c2cc(C([2H])(C)C([2H])([2H])[2H])cc(C)c2C)c2ccc(C)cc12.[2H]c1c([2H])[n+](C)c(-c2cc(C([2H])(C)C)cc(C)c2C)c2ccc(C)cc12.[2H]c1c([2H])[n+](C)c(-c2cc(C)cc(C)c2C)c2ccc(C)cc12.[2H]c1cc([2H])c(C)c(-c2c3ccc(C)cc3c([2H])c(C)[n+]2C)c1. The molecule has 113 heavy (non-hydrogen) atoms. The van der Waals surface area contributed by atoms with Crippen molar-refractivity contribution in [3.63, 3.8) is 0 Å². The lowest BCUT2D eigenvalue weighted by molar-refractivity contribution is -0.665. The maximum Gasteiger partial charge on any atom is 0.220 e. The van der Waals surface area contributed by atoms with Crippen LogP contribution in [0.2, 0.25) is 0 Å². The van der Waals surface area contributed by atoms with Gasteiger partial charge in [-0.05, 0) is 264 Å². The molecule has 0 spiro atoms. The Labute approximate surface area is 695 Å². The fourth-order valence-electron chi connectivity index (χ4n) is 15.2. The standard InChI is InChI=1S/C24H23N2.2C22H26N.C20H22N.C19H20N/c1-16-7-10-22-21(12-16)13-18(3)26(4)24(22)23-14-19(9-8-17(23)2)20-6-5-11-25-15-20;2*1-14(2)19-12-16(4)17(5)21(13-19)22-20-8-7-15(3)11-18(20)9-10-23(22)6;1-13-6-7-18-17(11-13)8-9-21(5)20(18)19-12-14(2)10-15(3)16(19)4;1-13-9-10-18-16(11-13)12-15(3)20(4)19(18)17-8-6-5-7-14(17)2/h5-15H,1-4H3;2*7-14H,1-6H3;6-12H,1-5H3;5-12H,1-4H3/q5*+1/i13D;1D3,9D,10D,14D;9D,10D,14D;8D,9D;6D,7D,12D. The van der Waals surface area contributed by atoms with Crippen molar-refractivity contribution >= 4 is 53.9 Å². The highest BCUT2D eigenvalue weighted by Crippen LogP contribution is 2.38. The van der Waals surface area contributed by atoms with Crippen LogP contribution >= 0.6 is 0 Å². The van der Waals surface area contributed by atoms with E-state index in [0.717, 1.165) is 177 Å². The van der Waals surface area contributed by atoms with Crippen molar-refractivity contribution < 1.29 is 43.4 Å². The maximum absolute atomic E-state index is 8.59. The summed E-state index contributed by atoms with van der Waals surface area (Å²) in [7, 11) is 9.48. The van der Waals surface area contributed by atoms with Crippen LogP contribution in [0.5, 0.6) is 0 Å². The molecule has 1 atom stereocenters. The molecule has 0 amide bonds. The van der Waals surface area contributed by atoms with Gasteiger partial charge in [0.25, 0.3) is 0 Å². The molecule has 0 radical (unpaired) electrons. The van der Waals surface area contributed by atoms with Crippen molar-refractivity contribution in [1.82, 2.24) is 4.98 Å². The average molecular weight is 1500 g/mol. The minimum Gasteiger partial charge on any atom is -0.264 e. The fraction of sp³-hybridized carbons (Fsp3) is 0.252. The molecular formula is C107H117N6+5. The van der Waals surface area contributed by atoms with Crippen molar-refractivity contribution in [1.29, 1.82) is 0 Å². The van der Waals surface area contributed by atoms with Crippen LogP contribution < -0.4 is 22.8 Å². The van der Waals surface area contributed by atoms with Gasteiger partial charge < -0.3 is 0 Å². The first kappa shape index (κ1) is 63.0. The Bertz CT molecular complexity index is 7030. The molecule has 6 heteroatoms. The summed E-state index contributed by atoms with van der Waals surface area (Å²) in [6, 6.07) is 59.2. The zero-order valence-corrected chi connectivity index (χ0v) is 70.5. The van der Waals surface area contributed by atoms with Crippen LogP contribution in [0, 0.1) is 111 Å². The lowest BCUT2D eigenvalue weighted by Crippen LogP contribution is -2.35. The largest absolute Gasteiger partial charge is 0.264 e. The third-order valence-corrected chi connectivity index (χ3v) is 22.2. The molecule has 0 aliphatic heterocycles. The minimum absolute atomic E-state index is 0.0880. The normalized spacial score (nSPS) is 13.8. The predicted octanol–water partition coefficient (Wildman–Crippen LogP) is 24.9. The Hall–Kier alpha value is -11.6. The monoisotopic (exact) mass is 1500 g/mol. The topological polar surface area (TPSA) is 32.3 Å². The van der Waals surface area contributed by atoms with Crippen molar-refractivity contribution in [3.05, 3.63) is 343 Å². The molecule has 16 rings (SSSR count). The van der Waals surface area contributed by atoms with Crippen LogP contribution in [0.15, 0.2) is 243 Å². The number of aryl methyl sites for hydroxylation is 10. The van der Waals surface area contributed by atoms with E-state index in [1.54, 1.807) is 40.6 Å². The summed E-state index contributed by atoms with van der Waals surface area (Å²) in [5, 5.41) is 9.20. The number of rotatable bonds is 8. The first-order valence-corrected chi connectivity index (χ1v) is 38.8. The van der Waals surface area contributed by atoms with Gasteiger partial charge in [-0.25, -0.2) is 13.7 Å². The minimum atomic E-state index is -2.47. The Kier molecular flexibility index (Phi) is 19.0. The molecule has 0 fully saturated rings. The molecule has 0 saturated heterocycles. The van der Waals surface area contributed by atoms with Gasteiger partial charge in [-0.15, -0.1) is 0 Å². The van der Waals surface area contributed by atoms with E-state index < -0.39 is 18.6 Å². The molecule has 1 unspecified atom stereocenters. The molecule has 10 aromatic carbocycles. The second-order valence-corrected chi connectivity index (χ2v) is 31.1. The molecule has 0 bridgehead atoms. The van der Waals surface area contributed by atoms with Crippen molar-refractivity contribution in [2.24, 2.45) is 35.2 Å². The zero-order valence-electron chi connectivity index (χ0n) is 85.5. The molecular weight excluding hydrogens is 1370 g/mol. The third kappa shape index (κ3) is 17.4. The summed E-state index contributed by atoms with van der Waals surface area (Å²) in [5.74, 6) is -2.46. The summed E-state index contributed by atoms with van der Waals surface area (Å²) in [4.78, 5) is 4.26. The van der Waals surface area contributed by atoms with E-state index in [4.69, 9.17) is 20.6 Å². The molecule has 0 aliphatic rings. The van der Waals surface area contributed by atoms with Crippen LogP contribution in [0.25, 0.3) is 121 Å². The first-order chi connectivity index (χ1) is 59.9. The number of hydrogen-bond donors (Lipinski definition) is 0.